The van der Waals surface area contributed by atoms with Gasteiger partial charge in [-0.15, -0.1) is 0 Å². The molecule has 38 heavy (non-hydrogen) atoms. The van der Waals surface area contributed by atoms with Crippen LogP contribution < -0.4 is 15.4 Å². The minimum absolute atomic E-state index is 0.125. The molecule has 3 aromatic carbocycles. The smallest absolute Gasteiger partial charge is 0.175 e. The Morgan fingerprint density at radius 1 is 0.868 bits per heavy atom. The first kappa shape index (κ1) is 25.5. The van der Waals surface area contributed by atoms with E-state index in [1.54, 1.807) is 7.11 Å². The molecule has 2 N–H and O–H groups in total. The third-order valence-electron chi connectivity index (χ3n) is 6.59. The van der Waals surface area contributed by atoms with Gasteiger partial charge in [0, 0.05) is 18.0 Å². The highest BCUT2D eigenvalue weighted by atomic mass is 16.5. The monoisotopic (exact) mass is 508 g/mol. The number of rotatable bonds is 8. The van der Waals surface area contributed by atoms with Gasteiger partial charge in [-0.3, -0.25) is 0 Å². The average Bonchev–Trinajstić information content (AvgIpc) is 3.32. The second kappa shape index (κ2) is 10.3. The van der Waals surface area contributed by atoms with Crippen molar-refractivity contribution in [3.05, 3.63) is 72.4 Å². The van der Waals surface area contributed by atoms with E-state index in [-0.39, 0.29) is 5.41 Å². The van der Waals surface area contributed by atoms with Gasteiger partial charge < -0.3 is 15.4 Å². The molecule has 2 aromatic heterocycles. The molecule has 2 heterocycles. The highest BCUT2D eigenvalue weighted by molar-refractivity contribution is 5.96. The van der Waals surface area contributed by atoms with Gasteiger partial charge in [-0.1, -0.05) is 58.9 Å². The molecule has 0 spiro atoms. The number of aromatic nitrogens is 4. The SMILES string of the molecule is COc1ccc(-n2nc(C(C)(C)C)cc2Nc2nc3cc4ccccc4cc3nc2NCCC(C)C)cc1. The third-order valence-corrected chi connectivity index (χ3v) is 6.59. The second-order valence-electron chi connectivity index (χ2n) is 11.1. The Morgan fingerprint density at radius 2 is 1.50 bits per heavy atom. The van der Waals surface area contributed by atoms with Gasteiger partial charge in [0.05, 0.1) is 29.5 Å². The molecule has 196 valence electrons. The van der Waals surface area contributed by atoms with Gasteiger partial charge in [0.15, 0.2) is 11.6 Å². The highest BCUT2D eigenvalue weighted by Gasteiger charge is 2.22. The van der Waals surface area contributed by atoms with Crippen molar-refractivity contribution in [2.75, 3.05) is 24.3 Å². The van der Waals surface area contributed by atoms with Crippen molar-refractivity contribution in [1.82, 2.24) is 19.7 Å². The van der Waals surface area contributed by atoms with Crippen LogP contribution >= 0.6 is 0 Å². The van der Waals surface area contributed by atoms with Crippen LogP contribution in [0.5, 0.6) is 5.75 Å². The van der Waals surface area contributed by atoms with Crippen LogP contribution in [0.1, 0.15) is 46.7 Å². The number of nitrogens with zero attached hydrogens (tertiary/aromatic N) is 4. The van der Waals surface area contributed by atoms with Gasteiger partial charge in [0.1, 0.15) is 11.6 Å². The highest BCUT2D eigenvalue weighted by Crippen LogP contribution is 2.32. The van der Waals surface area contributed by atoms with Crippen LogP contribution in [0.3, 0.4) is 0 Å². The normalized spacial score (nSPS) is 11.9. The summed E-state index contributed by atoms with van der Waals surface area (Å²) in [4.78, 5) is 10.1. The fourth-order valence-electron chi connectivity index (χ4n) is 4.31. The molecule has 0 saturated heterocycles. The van der Waals surface area contributed by atoms with E-state index in [0.29, 0.717) is 11.7 Å². The molecule has 0 aliphatic heterocycles. The lowest BCUT2D eigenvalue weighted by Gasteiger charge is -2.15. The molecule has 0 atom stereocenters. The lowest BCUT2D eigenvalue weighted by atomic mass is 9.92. The van der Waals surface area contributed by atoms with Gasteiger partial charge in [-0.2, -0.15) is 5.10 Å². The molecule has 5 aromatic rings. The standard InChI is InChI=1S/C31H36N6O/c1-20(2)15-16-32-29-30(34-26-18-22-10-8-7-9-21(22)17-25(26)33-29)35-28-19-27(31(3,4)5)36-37(28)23-11-13-24(38-6)14-12-23/h7-14,17-20H,15-16H2,1-6H3,(H,32,33)(H,34,35). The zero-order valence-electron chi connectivity index (χ0n) is 23.0. The summed E-state index contributed by atoms with van der Waals surface area (Å²) in [5.41, 5.74) is 3.48. The first-order valence-corrected chi connectivity index (χ1v) is 13.2. The number of hydrogen-bond donors (Lipinski definition) is 2. The molecule has 0 radical (unpaired) electrons. The molecule has 0 amide bonds. The number of anilines is 3. The van der Waals surface area contributed by atoms with E-state index in [0.717, 1.165) is 63.5 Å². The van der Waals surface area contributed by atoms with Crippen LogP contribution in [0.2, 0.25) is 0 Å². The van der Waals surface area contributed by atoms with E-state index in [1.807, 2.05) is 41.1 Å². The van der Waals surface area contributed by atoms with Crippen molar-refractivity contribution in [2.24, 2.45) is 5.92 Å². The Hall–Kier alpha value is -4.13. The minimum Gasteiger partial charge on any atom is -0.497 e. The van der Waals surface area contributed by atoms with Crippen molar-refractivity contribution in [2.45, 2.75) is 46.5 Å². The van der Waals surface area contributed by atoms with Crippen molar-refractivity contribution in [1.29, 1.82) is 0 Å². The van der Waals surface area contributed by atoms with Crippen LogP contribution in [0.4, 0.5) is 17.5 Å². The van der Waals surface area contributed by atoms with E-state index in [4.69, 9.17) is 19.8 Å². The number of nitrogens with one attached hydrogen (secondary N) is 2. The topological polar surface area (TPSA) is 76.9 Å². The van der Waals surface area contributed by atoms with Gasteiger partial charge in [-0.05, 0) is 59.5 Å². The summed E-state index contributed by atoms with van der Waals surface area (Å²) in [6.45, 7) is 11.7. The molecule has 0 bridgehead atoms. The number of benzene rings is 3. The molecular formula is C31H36N6O. The Labute approximate surface area is 224 Å². The molecule has 0 aliphatic rings. The fourth-order valence-corrected chi connectivity index (χ4v) is 4.31. The molecule has 5 rings (SSSR count). The number of hydrogen-bond acceptors (Lipinski definition) is 6. The summed E-state index contributed by atoms with van der Waals surface area (Å²) in [7, 11) is 1.67. The zero-order chi connectivity index (χ0) is 26.9. The Morgan fingerprint density at radius 3 is 2.08 bits per heavy atom. The predicted molar refractivity (Wildman–Crippen MR) is 157 cm³/mol. The van der Waals surface area contributed by atoms with Crippen molar-refractivity contribution < 1.29 is 4.74 Å². The maximum absolute atomic E-state index is 5.36. The number of methoxy groups -OCH3 is 1. The second-order valence-corrected chi connectivity index (χ2v) is 11.1. The van der Waals surface area contributed by atoms with Gasteiger partial charge in [0.25, 0.3) is 0 Å². The Bertz CT molecular complexity index is 1560. The molecule has 7 nitrogen and oxygen atoms in total. The van der Waals surface area contributed by atoms with Crippen molar-refractivity contribution in [3.8, 4) is 11.4 Å². The van der Waals surface area contributed by atoms with Gasteiger partial charge >= 0.3 is 0 Å². The number of fused-ring (bicyclic) bond motifs is 2. The van der Waals surface area contributed by atoms with Gasteiger partial charge in [-0.25, -0.2) is 14.6 Å². The Kier molecular flexibility index (Phi) is 6.93. The third kappa shape index (κ3) is 5.42. The van der Waals surface area contributed by atoms with E-state index >= 15 is 0 Å². The number of ether oxygens (including phenoxy) is 1. The summed E-state index contributed by atoms with van der Waals surface area (Å²) >= 11 is 0. The van der Waals surface area contributed by atoms with E-state index in [1.165, 1.54) is 0 Å². The molecular weight excluding hydrogens is 472 g/mol. The summed E-state index contributed by atoms with van der Waals surface area (Å²) in [6.07, 6.45) is 1.04. The van der Waals surface area contributed by atoms with Crippen LogP contribution in [-0.2, 0) is 5.41 Å². The maximum atomic E-state index is 5.36. The molecule has 0 unspecified atom stereocenters. The maximum Gasteiger partial charge on any atom is 0.175 e. The first-order valence-electron chi connectivity index (χ1n) is 13.2. The van der Waals surface area contributed by atoms with Crippen LogP contribution in [0.25, 0.3) is 27.5 Å². The first-order chi connectivity index (χ1) is 18.2. The van der Waals surface area contributed by atoms with Crippen molar-refractivity contribution >= 4 is 39.3 Å². The quantitative estimate of drug-likeness (QED) is 0.212. The summed E-state index contributed by atoms with van der Waals surface area (Å²) < 4.78 is 7.28. The largest absolute Gasteiger partial charge is 0.497 e. The van der Waals surface area contributed by atoms with Crippen molar-refractivity contribution in [3.63, 3.8) is 0 Å². The Balaban J connectivity index is 1.61. The fraction of sp³-hybridized carbons (Fsp3) is 0.323. The van der Waals surface area contributed by atoms with E-state index in [2.05, 4.69) is 75.6 Å². The minimum atomic E-state index is -0.125. The predicted octanol–water partition coefficient (Wildman–Crippen LogP) is 7.48. The van der Waals surface area contributed by atoms with Gasteiger partial charge in [0.2, 0.25) is 0 Å². The average molecular weight is 509 g/mol. The summed E-state index contributed by atoms with van der Waals surface area (Å²) in [6, 6.07) is 22.5. The molecule has 7 heteroatoms. The molecule has 0 aliphatic carbocycles. The van der Waals surface area contributed by atoms with E-state index in [9.17, 15) is 0 Å². The van der Waals surface area contributed by atoms with Crippen LogP contribution in [0, 0.1) is 5.92 Å². The van der Waals surface area contributed by atoms with Crippen LogP contribution in [-0.4, -0.2) is 33.4 Å². The lowest BCUT2D eigenvalue weighted by Crippen LogP contribution is -2.12. The summed E-state index contributed by atoms with van der Waals surface area (Å²) in [5.74, 6) is 3.61. The zero-order valence-corrected chi connectivity index (χ0v) is 23.0. The lowest BCUT2D eigenvalue weighted by molar-refractivity contribution is 0.414. The van der Waals surface area contributed by atoms with E-state index < -0.39 is 0 Å². The molecule has 0 fully saturated rings. The summed E-state index contributed by atoms with van der Waals surface area (Å²) in [5, 5.41) is 14.4. The molecule has 0 saturated carbocycles. The van der Waals surface area contributed by atoms with Crippen LogP contribution in [0.15, 0.2) is 66.7 Å².